The van der Waals surface area contributed by atoms with E-state index in [-0.39, 0.29) is 11.8 Å². The van der Waals surface area contributed by atoms with E-state index < -0.39 is 5.60 Å². The van der Waals surface area contributed by atoms with Crippen LogP contribution in [0.4, 0.5) is 0 Å². The molecule has 0 aliphatic carbocycles. The number of benzene rings is 2. The summed E-state index contributed by atoms with van der Waals surface area (Å²) in [6.07, 6.45) is 1.59. The number of carbonyl (C=O) groups excluding carboxylic acids is 2. The molecule has 1 saturated heterocycles. The normalized spacial score (nSPS) is 21.7. The molecule has 2 aliphatic heterocycles. The van der Waals surface area contributed by atoms with Crippen LogP contribution in [0.3, 0.4) is 0 Å². The Bertz CT molecular complexity index is 882. The van der Waals surface area contributed by atoms with Gasteiger partial charge in [0.2, 0.25) is 0 Å². The van der Waals surface area contributed by atoms with Gasteiger partial charge in [0.05, 0.1) is 25.8 Å². The number of nitrogens with zero attached hydrogens (tertiary/aromatic N) is 1. The smallest absolute Gasteiger partial charge is 0.255 e. The van der Waals surface area contributed by atoms with Crippen LogP contribution < -0.4 is 14.8 Å². The zero-order valence-corrected chi connectivity index (χ0v) is 15.2. The summed E-state index contributed by atoms with van der Waals surface area (Å²) in [5, 5.41) is 2.96. The summed E-state index contributed by atoms with van der Waals surface area (Å²) in [4.78, 5) is 27.2. The molecule has 27 heavy (non-hydrogen) atoms. The van der Waals surface area contributed by atoms with E-state index in [1.807, 2.05) is 30.3 Å². The van der Waals surface area contributed by atoms with Crippen LogP contribution >= 0.6 is 0 Å². The average Bonchev–Trinajstić information content (AvgIpc) is 2.84. The number of fused-ring (bicyclic) bond motifs is 1. The fraction of sp³-hybridized carbons (Fsp3) is 0.333. The van der Waals surface area contributed by atoms with E-state index in [9.17, 15) is 9.59 Å². The lowest BCUT2D eigenvalue weighted by molar-refractivity contribution is -0.000868. The molecule has 0 saturated carbocycles. The van der Waals surface area contributed by atoms with Gasteiger partial charge in [0, 0.05) is 12.1 Å². The molecule has 0 radical (unpaired) electrons. The van der Waals surface area contributed by atoms with Gasteiger partial charge in [0.1, 0.15) is 17.1 Å². The van der Waals surface area contributed by atoms with Gasteiger partial charge >= 0.3 is 0 Å². The van der Waals surface area contributed by atoms with Crippen molar-refractivity contribution in [1.29, 1.82) is 0 Å². The SMILES string of the molecule is COc1cccc(C(=O)N2CCC[C@]3(CNC(=O)c4ccccc4O3)C2)c1. The maximum Gasteiger partial charge on any atom is 0.255 e. The summed E-state index contributed by atoms with van der Waals surface area (Å²) >= 11 is 0. The summed E-state index contributed by atoms with van der Waals surface area (Å²) in [6, 6.07) is 14.4. The lowest BCUT2D eigenvalue weighted by atomic mass is 9.91. The van der Waals surface area contributed by atoms with Crippen molar-refractivity contribution >= 4 is 11.8 Å². The van der Waals surface area contributed by atoms with E-state index >= 15 is 0 Å². The summed E-state index contributed by atoms with van der Waals surface area (Å²) in [7, 11) is 1.58. The molecule has 140 valence electrons. The molecule has 1 atom stereocenters. The monoisotopic (exact) mass is 366 g/mol. The Kier molecular flexibility index (Phi) is 4.48. The second kappa shape index (κ2) is 6.95. The van der Waals surface area contributed by atoms with Crippen molar-refractivity contribution in [1.82, 2.24) is 10.2 Å². The van der Waals surface area contributed by atoms with Crippen LogP contribution in [0.2, 0.25) is 0 Å². The number of hydrogen-bond donors (Lipinski definition) is 1. The third-order valence-corrected chi connectivity index (χ3v) is 5.17. The van der Waals surface area contributed by atoms with Gasteiger partial charge in [-0.05, 0) is 43.2 Å². The van der Waals surface area contributed by atoms with Gasteiger partial charge in [-0.25, -0.2) is 0 Å². The van der Waals surface area contributed by atoms with Gasteiger partial charge in [-0.15, -0.1) is 0 Å². The highest BCUT2D eigenvalue weighted by Crippen LogP contribution is 2.32. The molecular formula is C21H22N2O4. The van der Waals surface area contributed by atoms with E-state index in [0.717, 1.165) is 12.8 Å². The highest BCUT2D eigenvalue weighted by molar-refractivity contribution is 5.97. The Morgan fingerprint density at radius 3 is 2.93 bits per heavy atom. The molecule has 2 heterocycles. The Balaban J connectivity index is 1.59. The second-order valence-electron chi connectivity index (χ2n) is 7.03. The first-order valence-corrected chi connectivity index (χ1v) is 9.10. The van der Waals surface area contributed by atoms with Gasteiger partial charge in [0.15, 0.2) is 0 Å². The summed E-state index contributed by atoms with van der Waals surface area (Å²) in [5.74, 6) is 1.03. The molecule has 4 rings (SSSR count). The third kappa shape index (κ3) is 3.35. The topological polar surface area (TPSA) is 67.9 Å². The van der Waals surface area contributed by atoms with Crippen molar-refractivity contribution in [3.63, 3.8) is 0 Å². The molecule has 0 unspecified atom stereocenters. The molecule has 6 heteroatoms. The Morgan fingerprint density at radius 1 is 1.22 bits per heavy atom. The van der Waals surface area contributed by atoms with Crippen LogP contribution in [0.15, 0.2) is 48.5 Å². The number of likely N-dealkylation sites (tertiary alicyclic amines) is 1. The minimum atomic E-state index is -0.616. The van der Waals surface area contributed by atoms with Gasteiger partial charge in [-0.3, -0.25) is 9.59 Å². The first-order chi connectivity index (χ1) is 13.1. The van der Waals surface area contributed by atoms with Gasteiger partial charge in [-0.2, -0.15) is 0 Å². The molecule has 0 aromatic heterocycles. The highest BCUT2D eigenvalue weighted by atomic mass is 16.5. The Labute approximate surface area is 158 Å². The van der Waals surface area contributed by atoms with Crippen LogP contribution in [0, 0.1) is 0 Å². The second-order valence-corrected chi connectivity index (χ2v) is 7.03. The summed E-state index contributed by atoms with van der Waals surface area (Å²) < 4.78 is 11.5. The van der Waals surface area contributed by atoms with Crippen molar-refractivity contribution in [2.75, 3.05) is 26.7 Å². The highest BCUT2D eigenvalue weighted by Gasteiger charge is 2.42. The number of methoxy groups -OCH3 is 1. The number of para-hydroxylation sites is 1. The van der Waals surface area contributed by atoms with Crippen molar-refractivity contribution in [3.8, 4) is 11.5 Å². The molecule has 2 aromatic carbocycles. The summed E-state index contributed by atoms with van der Waals surface area (Å²) in [5.41, 5.74) is 0.504. The average molecular weight is 366 g/mol. The van der Waals surface area contributed by atoms with E-state index in [2.05, 4.69) is 5.32 Å². The Morgan fingerprint density at radius 2 is 2.07 bits per heavy atom. The summed E-state index contributed by atoms with van der Waals surface area (Å²) in [6.45, 7) is 1.47. The third-order valence-electron chi connectivity index (χ3n) is 5.17. The Hall–Kier alpha value is -3.02. The maximum atomic E-state index is 13.0. The fourth-order valence-electron chi connectivity index (χ4n) is 3.79. The van der Waals surface area contributed by atoms with Crippen molar-refractivity contribution in [2.24, 2.45) is 0 Å². The quantitative estimate of drug-likeness (QED) is 0.887. The van der Waals surface area contributed by atoms with Gasteiger partial charge < -0.3 is 19.7 Å². The van der Waals surface area contributed by atoms with Crippen LogP contribution in [0.5, 0.6) is 11.5 Å². The molecule has 2 amide bonds. The molecule has 1 fully saturated rings. The zero-order valence-electron chi connectivity index (χ0n) is 15.2. The molecule has 1 N–H and O–H groups in total. The number of piperidine rings is 1. The lowest BCUT2D eigenvalue weighted by Crippen LogP contribution is -2.57. The molecular weight excluding hydrogens is 344 g/mol. The first-order valence-electron chi connectivity index (χ1n) is 9.10. The van der Waals surface area contributed by atoms with Crippen molar-refractivity contribution in [2.45, 2.75) is 18.4 Å². The number of hydrogen-bond acceptors (Lipinski definition) is 4. The van der Waals surface area contributed by atoms with Crippen molar-refractivity contribution < 1.29 is 19.1 Å². The van der Waals surface area contributed by atoms with Crippen LogP contribution in [-0.2, 0) is 0 Å². The van der Waals surface area contributed by atoms with E-state index in [1.165, 1.54) is 0 Å². The molecule has 0 bridgehead atoms. The lowest BCUT2D eigenvalue weighted by Gasteiger charge is -2.42. The van der Waals surface area contributed by atoms with Crippen molar-refractivity contribution in [3.05, 3.63) is 59.7 Å². The standard InChI is InChI=1S/C21H22N2O4/c1-26-16-7-4-6-15(12-16)20(25)23-11-5-10-21(14-23)13-22-19(24)17-8-2-3-9-18(17)27-21/h2-4,6-9,12H,5,10-11,13-14H2,1H3,(H,22,24)/t21-/m0/s1. The fourth-order valence-corrected chi connectivity index (χ4v) is 3.79. The number of carbonyl (C=O) groups is 2. The minimum absolute atomic E-state index is 0.0552. The van der Waals surface area contributed by atoms with Gasteiger partial charge in [0.25, 0.3) is 11.8 Å². The van der Waals surface area contributed by atoms with Crippen LogP contribution in [0.25, 0.3) is 0 Å². The largest absolute Gasteiger partial charge is 0.497 e. The van der Waals surface area contributed by atoms with Gasteiger partial charge in [-0.1, -0.05) is 18.2 Å². The molecule has 2 aromatic rings. The van der Waals surface area contributed by atoms with E-state index in [4.69, 9.17) is 9.47 Å². The first kappa shape index (κ1) is 17.4. The maximum absolute atomic E-state index is 13.0. The number of nitrogens with one attached hydrogen (secondary N) is 1. The van der Waals surface area contributed by atoms with E-state index in [1.54, 1.807) is 30.2 Å². The molecule has 2 aliphatic rings. The molecule has 1 spiro atoms. The number of rotatable bonds is 2. The van der Waals surface area contributed by atoms with E-state index in [0.29, 0.717) is 42.3 Å². The number of amides is 2. The zero-order chi connectivity index (χ0) is 18.9. The van der Waals surface area contributed by atoms with Crippen LogP contribution in [-0.4, -0.2) is 49.1 Å². The van der Waals surface area contributed by atoms with Crippen LogP contribution in [0.1, 0.15) is 33.6 Å². The minimum Gasteiger partial charge on any atom is -0.497 e. The predicted octanol–water partition coefficient (Wildman–Crippen LogP) is 2.49. The number of ether oxygens (including phenoxy) is 2. The predicted molar refractivity (Wildman–Crippen MR) is 100 cm³/mol. The molecule has 6 nitrogen and oxygen atoms in total.